The molecule has 9 heteroatoms. The van der Waals surface area contributed by atoms with Crippen LogP contribution in [0.4, 0.5) is 0 Å². The van der Waals surface area contributed by atoms with E-state index in [9.17, 15) is 14.7 Å². The number of hydrogen-bond acceptors (Lipinski definition) is 9. The fourth-order valence-corrected chi connectivity index (χ4v) is 8.06. The van der Waals surface area contributed by atoms with Crippen LogP contribution in [0.15, 0.2) is 58.7 Å². The Kier molecular flexibility index (Phi) is 11.3. The van der Waals surface area contributed by atoms with Crippen LogP contribution in [0.3, 0.4) is 0 Å². The largest absolute Gasteiger partial charge is 0.462 e. The zero-order chi connectivity index (χ0) is 35.0. The van der Waals surface area contributed by atoms with Gasteiger partial charge in [-0.25, -0.2) is 0 Å². The van der Waals surface area contributed by atoms with Crippen LogP contribution in [0, 0.1) is 23.7 Å². The van der Waals surface area contributed by atoms with Crippen LogP contribution < -0.4 is 0 Å². The Labute approximate surface area is 286 Å². The number of methoxy groups -OCH3 is 1. The first-order valence-electron chi connectivity index (χ1n) is 17.7. The molecule has 1 N–H and O–H groups in total. The molecule has 0 aromatic heterocycles. The van der Waals surface area contributed by atoms with Gasteiger partial charge in [0.2, 0.25) is 0 Å². The quantitative estimate of drug-likeness (QED) is 0.272. The van der Waals surface area contributed by atoms with E-state index in [4.69, 9.17) is 28.4 Å². The van der Waals surface area contributed by atoms with Gasteiger partial charge in [-0.05, 0) is 68.7 Å². The minimum Gasteiger partial charge on any atom is -0.462 e. The first kappa shape index (κ1) is 36.7. The maximum Gasteiger partial charge on any atom is 0.316 e. The molecule has 48 heavy (non-hydrogen) atoms. The summed E-state index contributed by atoms with van der Waals surface area (Å²) in [5.74, 6) is -2.83. The topological polar surface area (TPSA) is 110 Å². The van der Waals surface area contributed by atoms with E-state index >= 15 is 0 Å². The van der Waals surface area contributed by atoms with E-state index in [1.165, 1.54) is 0 Å². The van der Waals surface area contributed by atoms with Crippen molar-refractivity contribution in [3.63, 3.8) is 0 Å². The van der Waals surface area contributed by atoms with Gasteiger partial charge in [0.05, 0.1) is 24.7 Å². The lowest BCUT2D eigenvalue weighted by Gasteiger charge is -2.50. The predicted molar refractivity (Wildman–Crippen MR) is 182 cm³/mol. The highest BCUT2D eigenvalue weighted by molar-refractivity contribution is 5.78. The minimum absolute atomic E-state index is 0.110. The summed E-state index contributed by atoms with van der Waals surface area (Å²) < 4.78 is 38.0. The maximum atomic E-state index is 14.2. The van der Waals surface area contributed by atoms with E-state index in [1.807, 2.05) is 59.8 Å². The van der Waals surface area contributed by atoms with Crippen molar-refractivity contribution >= 4 is 11.9 Å². The standard InChI is InChI=1S/C39H56O9/c1-10-23(4)33-26(7)16-17-38(48-33)20-30-19-29(47-38)15-14-25(6)32(46-36(40)22(2)3)24(5)12-11-13-28-21-44-35-34(43-9)27(8)18-31(37(41)45-30)39(28,35)42/h10-14,18,22,24,26,29-35,42H,15-17,19-21H2,1-9H3/b12-11+,23-10+,25-14+,28-13+/t24-,26-,29+,30-,31-,32+,33+,34+,35+,38+,39+/m0/s1. The molecule has 0 unspecified atom stereocenters. The fraction of sp³-hybridized carbons (Fsp3) is 0.692. The number of carbonyl (C=O) groups excluding carboxylic acids is 2. The molecule has 5 rings (SSSR count). The van der Waals surface area contributed by atoms with Gasteiger partial charge in [-0.2, -0.15) is 0 Å². The van der Waals surface area contributed by atoms with Gasteiger partial charge < -0.3 is 33.5 Å². The summed E-state index contributed by atoms with van der Waals surface area (Å²) in [6, 6.07) is 0. The molecule has 0 radical (unpaired) electrons. The summed E-state index contributed by atoms with van der Waals surface area (Å²) in [5.41, 5.74) is 1.76. The molecule has 266 valence electrons. The molecular formula is C39H56O9. The molecule has 4 aliphatic heterocycles. The molecule has 9 nitrogen and oxygen atoms in total. The SMILES string of the molecule is C/C=C(\C)[C@H]1O[C@]2(CC[C@@H]1C)C[C@@H]1C[C@@H](C/C=C(\C)[C@H](OC(=O)C(C)C)[C@@H](C)/C=C/C=C3\CO[C@@H]4[C@H](OC)C(C)=C[C@@H](C(=O)O1)[C@]34O)O2. The number of rotatable bonds is 4. The molecule has 0 aromatic carbocycles. The van der Waals surface area contributed by atoms with Crippen LogP contribution in [0.25, 0.3) is 0 Å². The van der Waals surface area contributed by atoms with Crippen LogP contribution in [0.2, 0.25) is 0 Å². The monoisotopic (exact) mass is 668 g/mol. The average molecular weight is 669 g/mol. The van der Waals surface area contributed by atoms with Crippen LogP contribution in [0.1, 0.15) is 87.5 Å². The first-order valence-corrected chi connectivity index (χ1v) is 17.7. The van der Waals surface area contributed by atoms with Gasteiger partial charge in [0.15, 0.2) is 5.79 Å². The van der Waals surface area contributed by atoms with Gasteiger partial charge in [-0.15, -0.1) is 0 Å². The summed E-state index contributed by atoms with van der Waals surface area (Å²) in [7, 11) is 1.58. The molecule has 1 aliphatic carbocycles. The minimum atomic E-state index is -1.67. The number of hydrogen-bond donors (Lipinski definition) is 1. The van der Waals surface area contributed by atoms with Crippen molar-refractivity contribution in [2.75, 3.05) is 13.7 Å². The number of ether oxygens (including phenoxy) is 6. The Hall–Kier alpha value is -2.56. The Bertz CT molecular complexity index is 1370. The summed E-state index contributed by atoms with van der Waals surface area (Å²) >= 11 is 0. The Morgan fingerprint density at radius 1 is 1.12 bits per heavy atom. The van der Waals surface area contributed by atoms with Crippen LogP contribution in [-0.4, -0.2) is 78.8 Å². The lowest BCUT2D eigenvalue weighted by Crippen LogP contribution is -2.58. The lowest BCUT2D eigenvalue weighted by atomic mass is 9.70. The zero-order valence-corrected chi connectivity index (χ0v) is 30.2. The second kappa shape index (κ2) is 14.7. The fourth-order valence-electron chi connectivity index (χ4n) is 8.06. The average Bonchev–Trinajstić information content (AvgIpc) is 3.38. The third-order valence-corrected chi connectivity index (χ3v) is 11.0. The number of esters is 2. The molecule has 5 aliphatic rings. The Morgan fingerprint density at radius 3 is 2.56 bits per heavy atom. The number of allylic oxidation sites excluding steroid dienone is 3. The second-order valence-electron chi connectivity index (χ2n) is 15.0. The van der Waals surface area contributed by atoms with Crippen LogP contribution >= 0.6 is 0 Å². The summed E-state index contributed by atoms with van der Waals surface area (Å²) in [6.07, 6.45) is 11.8. The Balaban J connectivity index is 1.58. The third-order valence-electron chi connectivity index (χ3n) is 11.0. The van der Waals surface area contributed by atoms with Gasteiger partial charge in [0, 0.05) is 32.3 Å². The molecule has 0 amide bonds. The highest BCUT2D eigenvalue weighted by Gasteiger charge is 2.60. The summed E-state index contributed by atoms with van der Waals surface area (Å²) in [5, 5.41) is 12.5. The zero-order valence-electron chi connectivity index (χ0n) is 30.2. The van der Waals surface area contributed by atoms with Crippen molar-refractivity contribution in [1.82, 2.24) is 0 Å². The van der Waals surface area contributed by atoms with Crippen molar-refractivity contribution in [2.45, 2.75) is 136 Å². The number of aliphatic hydroxyl groups is 1. The van der Waals surface area contributed by atoms with E-state index in [0.717, 1.165) is 23.1 Å². The molecular weight excluding hydrogens is 612 g/mol. The van der Waals surface area contributed by atoms with E-state index in [2.05, 4.69) is 26.0 Å². The van der Waals surface area contributed by atoms with Gasteiger partial charge in [-0.1, -0.05) is 64.2 Å². The van der Waals surface area contributed by atoms with Crippen molar-refractivity contribution in [3.8, 4) is 0 Å². The highest BCUT2D eigenvalue weighted by Crippen LogP contribution is 2.48. The van der Waals surface area contributed by atoms with Crippen molar-refractivity contribution in [2.24, 2.45) is 23.7 Å². The summed E-state index contributed by atoms with van der Waals surface area (Å²) in [6.45, 7) is 16.0. The van der Waals surface area contributed by atoms with Gasteiger partial charge in [0.1, 0.15) is 35.9 Å². The van der Waals surface area contributed by atoms with E-state index in [1.54, 1.807) is 13.2 Å². The van der Waals surface area contributed by atoms with Gasteiger partial charge in [-0.3, -0.25) is 9.59 Å². The van der Waals surface area contributed by atoms with Crippen molar-refractivity contribution in [3.05, 3.63) is 58.7 Å². The van der Waals surface area contributed by atoms with E-state index in [-0.39, 0.29) is 36.6 Å². The van der Waals surface area contributed by atoms with Gasteiger partial charge in [0.25, 0.3) is 0 Å². The van der Waals surface area contributed by atoms with E-state index < -0.39 is 47.7 Å². The van der Waals surface area contributed by atoms with E-state index in [0.29, 0.717) is 37.2 Å². The molecule has 2 bridgehead atoms. The van der Waals surface area contributed by atoms with Gasteiger partial charge >= 0.3 is 11.9 Å². The predicted octanol–water partition coefficient (Wildman–Crippen LogP) is 6.31. The molecule has 3 saturated heterocycles. The molecule has 4 heterocycles. The van der Waals surface area contributed by atoms with Crippen molar-refractivity contribution < 1.29 is 43.1 Å². The normalized spacial score (nSPS) is 43.7. The highest BCUT2D eigenvalue weighted by atomic mass is 16.7. The first-order chi connectivity index (χ1) is 22.7. The number of fused-ring (bicyclic) bond motifs is 2. The third kappa shape index (κ3) is 7.17. The number of carbonyl (C=O) groups is 2. The van der Waals surface area contributed by atoms with Crippen LogP contribution in [-0.2, 0) is 38.0 Å². The molecule has 3 fully saturated rings. The lowest BCUT2D eigenvalue weighted by molar-refractivity contribution is -0.329. The molecule has 1 spiro atoms. The molecule has 11 atom stereocenters. The second-order valence-corrected chi connectivity index (χ2v) is 15.0. The Morgan fingerprint density at radius 2 is 1.88 bits per heavy atom. The maximum absolute atomic E-state index is 14.2. The summed E-state index contributed by atoms with van der Waals surface area (Å²) in [4.78, 5) is 27.1. The molecule has 0 saturated carbocycles. The smallest absolute Gasteiger partial charge is 0.316 e. The molecule has 0 aromatic rings. The van der Waals surface area contributed by atoms with Crippen LogP contribution in [0.5, 0.6) is 0 Å². The van der Waals surface area contributed by atoms with Crippen molar-refractivity contribution in [1.29, 1.82) is 0 Å².